The van der Waals surface area contributed by atoms with E-state index in [1.165, 1.54) is 29.2 Å². The topological polar surface area (TPSA) is 54.5 Å². The number of halogens is 1. The summed E-state index contributed by atoms with van der Waals surface area (Å²) in [6, 6.07) is 12.2. The number of sulfone groups is 1. The minimum absolute atomic E-state index is 0.174. The first-order chi connectivity index (χ1) is 11.9. The number of nitrogens with zero attached hydrogens (tertiary/aromatic N) is 1. The molecule has 0 aromatic heterocycles. The monoisotopic (exact) mass is 359 g/mol. The first kappa shape index (κ1) is 17.4. The molecule has 25 heavy (non-hydrogen) atoms. The molecular formula is C19H18FNO3S. The molecule has 2 aromatic carbocycles. The van der Waals surface area contributed by atoms with Crippen LogP contribution in [0, 0.1) is 5.82 Å². The highest BCUT2D eigenvalue weighted by Gasteiger charge is 2.32. The Bertz CT molecular complexity index is 937. The van der Waals surface area contributed by atoms with Crippen LogP contribution in [0.5, 0.6) is 0 Å². The van der Waals surface area contributed by atoms with E-state index >= 15 is 0 Å². The van der Waals surface area contributed by atoms with Crippen molar-refractivity contribution in [3.63, 3.8) is 0 Å². The largest absolute Gasteiger partial charge is 0.300 e. The molecule has 0 spiro atoms. The SMILES string of the molecule is CCc1ccccc1N(C(=O)c1cccc(F)c1)[C@H]1C=CS(=O)(=O)C1. The van der Waals surface area contributed by atoms with Crippen LogP contribution < -0.4 is 4.90 Å². The van der Waals surface area contributed by atoms with Crippen LogP contribution in [0.25, 0.3) is 0 Å². The minimum Gasteiger partial charge on any atom is -0.300 e. The van der Waals surface area contributed by atoms with Gasteiger partial charge in [0.2, 0.25) is 0 Å². The van der Waals surface area contributed by atoms with Crippen LogP contribution in [-0.2, 0) is 16.3 Å². The Hall–Kier alpha value is -2.47. The summed E-state index contributed by atoms with van der Waals surface area (Å²) in [5.41, 5.74) is 1.75. The molecule has 130 valence electrons. The van der Waals surface area contributed by atoms with Crippen molar-refractivity contribution in [2.45, 2.75) is 19.4 Å². The van der Waals surface area contributed by atoms with Crippen molar-refractivity contribution in [3.8, 4) is 0 Å². The second-order valence-corrected chi connectivity index (χ2v) is 7.82. The predicted octanol–water partition coefficient (Wildman–Crippen LogP) is 3.35. The lowest BCUT2D eigenvalue weighted by Crippen LogP contribution is -2.41. The summed E-state index contributed by atoms with van der Waals surface area (Å²) in [6.07, 6.45) is 2.20. The lowest BCUT2D eigenvalue weighted by Gasteiger charge is -2.29. The number of hydrogen-bond donors (Lipinski definition) is 0. The van der Waals surface area contributed by atoms with E-state index in [0.29, 0.717) is 12.1 Å². The van der Waals surface area contributed by atoms with Gasteiger partial charge in [0.1, 0.15) is 5.82 Å². The first-order valence-corrected chi connectivity index (χ1v) is 9.71. The van der Waals surface area contributed by atoms with Gasteiger partial charge in [-0.3, -0.25) is 4.79 Å². The molecule has 1 heterocycles. The summed E-state index contributed by atoms with van der Waals surface area (Å²) in [5, 5.41) is 1.14. The molecule has 0 bridgehead atoms. The van der Waals surface area contributed by atoms with Crippen molar-refractivity contribution in [1.29, 1.82) is 0 Å². The Labute approximate surface area is 146 Å². The number of carbonyl (C=O) groups is 1. The number of anilines is 1. The van der Waals surface area contributed by atoms with Crippen molar-refractivity contribution >= 4 is 21.4 Å². The number of para-hydroxylation sites is 1. The van der Waals surface area contributed by atoms with E-state index in [1.54, 1.807) is 12.1 Å². The van der Waals surface area contributed by atoms with Gasteiger partial charge in [0.15, 0.2) is 9.84 Å². The van der Waals surface area contributed by atoms with Gasteiger partial charge in [0.05, 0.1) is 11.8 Å². The number of carbonyl (C=O) groups excluding carboxylic acids is 1. The van der Waals surface area contributed by atoms with Gasteiger partial charge in [-0.15, -0.1) is 0 Å². The van der Waals surface area contributed by atoms with E-state index < -0.39 is 27.6 Å². The van der Waals surface area contributed by atoms with Gasteiger partial charge in [-0.25, -0.2) is 12.8 Å². The molecule has 0 fully saturated rings. The molecule has 1 aliphatic rings. The number of aryl methyl sites for hydroxylation is 1. The molecule has 0 saturated heterocycles. The molecule has 4 nitrogen and oxygen atoms in total. The van der Waals surface area contributed by atoms with Crippen LogP contribution in [-0.4, -0.2) is 26.1 Å². The van der Waals surface area contributed by atoms with E-state index in [1.807, 2.05) is 19.1 Å². The lowest BCUT2D eigenvalue weighted by atomic mass is 10.1. The minimum atomic E-state index is -3.34. The molecule has 6 heteroatoms. The summed E-state index contributed by atoms with van der Waals surface area (Å²) in [6.45, 7) is 1.96. The average molecular weight is 359 g/mol. The maximum Gasteiger partial charge on any atom is 0.258 e. The fourth-order valence-corrected chi connectivity index (χ4v) is 4.23. The molecule has 1 aliphatic heterocycles. The number of amides is 1. The maximum atomic E-state index is 13.6. The van der Waals surface area contributed by atoms with E-state index in [-0.39, 0.29) is 11.3 Å². The van der Waals surface area contributed by atoms with Crippen LogP contribution in [0.4, 0.5) is 10.1 Å². The average Bonchev–Trinajstić information content (AvgIpc) is 2.95. The first-order valence-electron chi connectivity index (χ1n) is 7.99. The van der Waals surface area contributed by atoms with Crippen LogP contribution >= 0.6 is 0 Å². The van der Waals surface area contributed by atoms with E-state index in [9.17, 15) is 17.6 Å². The Morgan fingerprint density at radius 2 is 1.96 bits per heavy atom. The smallest absolute Gasteiger partial charge is 0.258 e. The van der Waals surface area contributed by atoms with Crippen LogP contribution in [0.1, 0.15) is 22.8 Å². The van der Waals surface area contributed by atoms with Gasteiger partial charge in [0.25, 0.3) is 5.91 Å². The third-order valence-electron chi connectivity index (χ3n) is 4.17. The van der Waals surface area contributed by atoms with Crippen molar-refractivity contribution in [1.82, 2.24) is 0 Å². The van der Waals surface area contributed by atoms with Gasteiger partial charge in [-0.2, -0.15) is 0 Å². The van der Waals surface area contributed by atoms with Gasteiger partial charge in [-0.1, -0.05) is 31.2 Å². The molecule has 1 amide bonds. The molecule has 0 N–H and O–H groups in total. The molecule has 0 aliphatic carbocycles. The predicted molar refractivity (Wildman–Crippen MR) is 95.7 cm³/mol. The fourth-order valence-electron chi connectivity index (χ4n) is 2.96. The summed E-state index contributed by atoms with van der Waals surface area (Å²) < 4.78 is 37.3. The van der Waals surface area contributed by atoms with Gasteiger partial charge in [0, 0.05) is 16.7 Å². The second kappa shape index (κ2) is 6.80. The third-order valence-corrected chi connectivity index (χ3v) is 5.54. The summed E-state index contributed by atoms with van der Waals surface area (Å²) >= 11 is 0. The van der Waals surface area contributed by atoms with E-state index in [4.69, 9.17) is 0 Å². The number of rotatable bonds is 4. The zero-order valence-corrected chi connectivity index (χ0v) is 14.5. The Kier molecular flexibility index (Phi) is 4.72. The zero-order valence-electron chi connectivity index (χ0n) is 13.7. The summed E-state index contributed by atoms with van der Waals surface area (Å²) in [4.78, 5) is 14.5. The third kappa shape index (κ3) is 3.64. The van der Waals surface area contributed by atoms with E-state index in [0.717, 1.165) is 17.0 Å². The fraction of sp³-hybridized carbons (Fsp3) is 0.211. The van der Waals surface area contributed by atoms with Crippen LogP contribution in [0.3, 0.4) is 0 Å². The molecule has 0 radical (unpaired) electrons. The van der Waals surface area contributed by atoms with Crippen molar-refractivity contribution in [2.75, 3.05) is 10.7 Å². The van der Waals surface area contributed by atoms with Gasteiger partial charge < -0.3 is 4.90 Å². The quantitative estimate of drug-likeness (QED) is 0.841. The molecular weight excluding hydrogens is 341 g/mol. The number of hydrogen-bond acceptors (Lipinski definition) is 3. The molecule has 0 saturated carbocycles. The van der Waals surface area contributed by atoms with Crippen molar-refractivity contribution in [2.24, 2.45) is 0 Å². The molecule has 1 atom stereocenters. The van der Waals surface area contributed by atoms with Crippen molar-refractivity contribution < 1.29 is 17.6 Å². The molecule has 3 rings (SSSR count). The van der Waals surface area contributed by atoms with E-state index in [2.05, 4.69) is 0 Å². The zero-order chi connectivity index (χ0) is 18.0. The highest BCUT2D eigenvalue weighted by Crippen LogP contribution is 2.28. The lowest BCUT2D eigenvalue weighted by molar-refractivity contribution is 0.0982. The van der Waals surface area contributed by atoms with Crippen LogP contribution in [0.2, 0.25) is 0 Å². The standard InChI is InChI=1S/C19H18FNO3S/c1-2-14-6-3-4-9-18(14)21(17-10-11-25(23,24)13-17)19(22)15-7-5-8-16(20)12-15/h3-12,17H,2,13H2,1H3/t17-/m0/s1. The van der Waals surface area contributed by atoms with Gasteiger partial charge in [-0.05, 0) is 42.3 Å². The second-order valence-electron chi connectivity index (χ2n) is 5.89. The maximum absolute atomic E-state index is 13.6. The van der Waals surface area contributed by atoms with Crippen LogP contribution in [0.15, 0.2) is 60.0 Å². The Morgan fingerprint density at radius 1 is 1.20 bits per heavy atom. The Balaban J connectivity index is 2.09. The molecule has 2 aromatic rings. The Morgan fingerprint density at radius 3 is 2.60 bits per heavy atom. The number of benzene rings is 2. The highest BCUT2D eigenvalue weighted by molar-refractivity contribution is 7.94. The van der Waals surface area contributed by atoms with Crippen molar-refractivity contribution in [3.05, 3.63) is 77.0 Å². The summed E-state index contributed by atoms with van der Waals surface area (Å²) in [5.74, 6) is -1.11. The van der Waals surface area contributed by atoms with Gasteiger partial charge >= 0.3 is 0 Å². The normalized spacial score (nSPS) is 18.2. The highest BCUT2D eigenvalue weighted by atomic mass is 32.2. The molecule has 0 unspecified atom stereocenters. The summed E-state index contributed by atoms with van der Waals surface area (Å²) in [7, 11) is -3.34.